The summed E-state index contributed by atoms with van der Waals surface area (Å²) in [5.41, 5.74) is -1.65. The van der Waals surface area contributed by atoms with Gasteiger partial charge in [-0.3, -0.25) is 4.79 Å². The van der Waals surface area contributed by atoms with Gasteiger partial charge < -0.3 is 20.0 Å². The Labute approximate surface area is 143 Å². The van der Waals surface area contributed by atoms with Crippen molar-refractivity contribution in [2.75, 3.05) is 5.32 Å². The highest BCUT2D eigenvalue weighted by Gasteiger charge is 2.54. The first kappa shape index (κ1) is 19.1. The Morgan fingerprint density at radius 2 is 1.76 bits per heavy atom. The summed E-state index contributed by atoms with van der Waals surface area (Å²) in [6.45, 7) is 4.99. The molecule has 2 atom stereocenters. The van der Waals surface area contributed by atoms with Crippen molar-refractivity contribution in [1.29, 1.82) is 0 Å². The fourth-order valence-electron chi connectivity index (χ4n) is 3.29. The number of amides is 1. The molecule has 1 aliphatic rings. The van der Waals surface area contributed by atoms with Gasteiger partial charge in [-0.2, -0.15) is 0 Å². The van der Waals surface area contributed by atoms with E-state index in [1.54, 1.807) is 20.8 Å². The van der Waals surface area contributed by atoms with E-state index in [2.05, 4.69) is 10.1 Å². The first-order valence-electron chi connectivity index (χ1n) is 7.75. The summed E-state index contributed by atoms with van der Waals surface area (Å²) in [5, 5.41) is 14.1. The molecule has 1 aliphatic carbocycles. The molecule has 0 bridgehead atoms. The zero-order chi connectivity index (χ0) is 19.0. The third-order valence-electron chi connectivity index (χ3n) is 5.35. The van der Waals surface area contributed by atoms with E-state index in [1.165, 1.54) is 12.1 Å². The van der Waals surface area contributed by atoms with Crippen molar-refractivity contribution in [3.8, 4) is 5.75 Å². The van der Waals surface area contributed by atoms with Gasteiger partial charge in [-0.25, -0.2) is 0 Å². The monoisotopic (exact) mass is 358 g/mol. The minimum Gasteiger partial charge on any atom is -0.550 e. The minimum atomic E-state index is -4.78. The predicted octanol–water partition coefficient (Wildman–Crippen LogP) is 2.72. The van der Waals surface area contributed by atoms with Gasteiger partial charge in [-0.05, 0) is 42.5 Å². The number of ether oxygens (including phenoxy) is 1. The maximum absolute atomic E-state index is 12.5. The van der Waals surface area contributed by atoms with Crippen LogP contribution in [0.25, 0.3) is 0 Å². The fraction of sp³-hybridized carbons (Fsp3) is 0.529. The fourth-order valence-corrected chi connectivity index (χ4v) is 3.29. The average Bonchev–Trinajstić information content (AvgIpc) is 2.71. The largest absolute Gasteiger partial charge is 0.573 e. The second kappa shape index (κ2) is 6.24. The van der Waals surface area contributed by atoms with E-state index in [0.29, 0.717) is 18.5 Å². The maximum atomic E-state index is 12.5. The molecule has 1 amide bonds. The van der Waals surface area contributed by atoms with Gasteiger partial charge in [0, 0.05) is 23.0 Å². The van der Waals surface area contributed by atoms with Gasteiger partial charge in [-0.15, -0.1) is 13.2 Å². The molecule has 1 aromatic rings. The number of alkyl halides is 3. The molecule has 1 aromatic carbocycles. The molecule has 25 heavy (non-hydrogen) atoms. The van der Waals surface area contributed by atoms with Crippen molar-refractivity contribution in [2.45, 2.75) is 40.0 Å². The Hall–Kier alpha value is -2.25. The number of nitrogens with one attached hydrogen (secondary N) is 1. The maximum Gasteiger partial charge on any atom is 0.573 e. The van der Waals surface area contributed by atoms with Crippen LogP contribution in [0.2, 0.25) is 0 Å². The van der Waals surface area contributed by atoms with Crippen LogP contribution in [0.15, 0.2) is 24.3 Å². The minimum absolute atomic E-state index is 0.303. The quantitative estimate of drug-likeness (QED) is 0.898. The summed E-state index contributed by atoms with van der Waals surface area (Å²) >= 11 is 0. The van der Waals surface area contributed by atoms with Gasteiger partial charge in [0.15, 0.2) is 0 Å². The molecule has 0 radical (unpaired) electrons. The van der Waals surface area contributed by atoms with E-state index in [1.807, 2.05) is 0 Å². The predicted molar refractivity (Wildman–Crippen MR) is 81.4 cm³/mol. The Morgan fingerprint density at radius 3 is 2.20 bits per heavy atom. The van der Waals surface area contributed by atoms with E-state index in [9.17, 15) is 27.9 Å². The molecule has 0 saturated heterocycles. The van der Waals surface area contributed by atoms with Gasteiger partial charge in [0.25, 0.3) is 0 Å². The van der Waals surface area contributed by atoms with Gasteiger partial charge in [0.05, 0.1) is 0 Å². The van der Waals surface area contributed by atoms with Crippen LogP contribution < -0.4 is 15.2 Å². The second-order valence-corrected chi connectivity index (χ2v) is 6.99. The van der Waals surface area contributed by atoms with Crippen LogP contribution in [0.3, 0.4) is 0 Å². The highest BCUT2D eigenvalue weighted by atomic mass is 19.4. The Bertz CT molecular complexity index is 669. The lowest BCUT2D eigenvalue weighted by Crippen LogP contribution is -2.49. The number of carboxylic acid groups (broad SMARTS) is 1. The molecule has 8 heteroatoms. The zero-order valence-electron chi connectivity index (χ0n) is 14.1. The van der Waals surface area contributed by atoms with Crippen LogP contribution in [0.5, 0.6) is 5.75 Å². The first-order chi connectivity index (χ1) is 11.4. The van der Waals surface area contributed by atoms with E-state index >= 15 is 0 Å². The molecule has 1 N–H and O–H groups in total. The summed E-state index contributed by atoms with van der Waals surface area (Å²) in [4.78, 5) is 24.0. The lowest BCUT2D eigenvalue weighted by atomic mass is 9.65. The summed E-state index contributed by atoms with van der Waals surface area (Å²) in [7, 11) is 0. The number of carbonyl (C=O) groups excluding carboxylic acids is 2. The van der Waals surface area contributed by atoms with Crippen molar-refractivity contribution < 1.29 is 32.6 Å². The number of hydrogen-bond donors (Lipinski definition) is 1. The summed E-state index contributed by atoms with van der Waals surface area (Å²) in [6.07, 6.45) is -4.08. The molecular weight excluding hydrogens is 339 g/mol. The molecular formula is C17H19F3NO4-. The zero-order valence-corrected chi connectivity index (χ0v) is 14.1. The molecule has 5 nitrogen and oxygen atoms in total. The number of carboxylic acids is 1. The van der Waals surface area contributed by atoms with Crippen molar-refractivity contribution in [2.24, 2.45) is 16.7 Å². The van der Waals surface area contributed by atoms with E-state index in [0.717, 1.165) is 12.1 Å². The van der Waals surface area contributed by atoms with E-state index in [-0.39, 0.29) is 5.91 Å². The van der Waals surface area contributed by atoms with Crippen molar-refractivity contribution in [3.63, 3.8) is 0 Å². The molecule has 1 fully saturated rings. The second-order valence-electron chi connectivity index (χ2n) is 6.99. The van der Waals surface area contributed by atoms with Crippen LogP contribution in [0, 0.1) is 16.7 Å². The van der Waals surface area contributed by atoms with Crippen LogP contribution in [-0.4, -0.2) is 18.2 Å². The van der Waals surface area contributed by atoms with Crippen LogP contribution in [0.1, 0.15) is 33.6 Å². The smallest absolute Gasteiger partial charge is 0.550 e. The Morgan fingerprint density at radius 1 is 1.20 bits per heavy atom. The normalized spacial score (nSPS) is 25.4. The van der Waals surface area contributed by atoms with E-state index < -0.39 is 34.8 Å². The van der Waals surface area contributed by atoms with Gasteiger partial charge in [0.1, 0.15) is 5.75 Å². The van der Waals surface area contributed by atoms with Crippen molar-refractivity contribution in [1.82, 2.24) is 0 Å². The van der Waals surface area contributed by atoms with E-state index in [4.69, 9.17) is 0 Å². The molecule has 0 heterocycles. The summed E-state index contributed by atoms with van der Waals surface area (Å²) in [5.74, 6) is -2.52. The highest BCUT2D eigenvalue weighted by molar-refractivity contribution is 5.94. The summed E-state index contributed by atoms with van der Waals surface area (Å²) < 4.78 is 40.2. The molecule has 1 saturated carbocycles. The number of hydrogen-bond acceptors (Lipinski definition) is 4. The lowest BCUT2D eigenvalue weighted by Gasteiger charge is -2.41. The first-order valence-corrected chi connectivity index (χ1v) is 7.75. The Balaban J connectivity index is 2.09. The number of rotatable bonds is 4. The third kappa shape index (κ3) is 3.72. The molecule has 0 aromatic heterocycles. The average molecular weight is 358 g/mol. The number of aliphatic carboxylic acids is 1. The third-order valence-corrected chi connectivity index (χ3v) is 5.35. The number of carbonyl (C=O) groups is 2. The molecule has 138 valence electrons. The number of halogens is 3. The standard InChI is InChI=1S/C17H20F3NO4/c1-15(2)12(8-9-16(15,3)14(23)24)13(22)21-10-4-6-11(7-5-10)25-17(18,19)20/h4-7,12H,8-9H2,1-3H3,(H,21,22)(H,23,24)/p-1/t12-,16+/m0/s1. The topological polar surface area (TPSA) is 78.5 Å². The van der Waals surface area contributed by atoms with Crippen molar-refractivity contribution in [3.05, 3.63) is 24.3 Å². The van der Waals surface area contributed by atoms with Gasteiger partial charge in [0.2, 0.25) is 5.91 Å². The molecule has 2 rings (SSSR count). The lowest BCUT2D eigenvalue weighted by molar-refractivity contribution is -0.323. The number of anilines is 1. The van der Waals surface area contributed by atoms with Crippen LogP contribution in [-0.2, 0) is 9.59 Å². The SMILES string of the molecule is CC1(C)[C@H](C(=O)Nc2ccc(OC(F)(F)F)cc2)CC[C@]1(C)C(=O)[O-]. The Kier molecular flexibility index (Phi) is 4.76. The van der Waals surface area contributed by atoms with Crippen LogP contribution in [0.4, 0.5) is 18.9 Å². The molecule has 0 spiro atoms. The number of benzene rings is 1. The van der Waals surface area contributed by atoms with Gasteiger partial charge >= 0.3 is 6.36 Å². The molecule has 0 aliphatic heterocycles. The van der Waals surface area contributed by atoms with Crippen LogP contribution >= 0.6 is 0 Å². The summed E-state index contributed by atoms with van der Waals surface area (Å²) in [6, 6.07) is 4.76. The van der Waals surface area contributed by atoms with Gasteiger partial charge in [-0.1, -0.05) is 20.8 Å². The van der Waals surface area contributed by atoms with Crippen molar-refractivity contribution >= 4 is 17.6 Å². The highest BCUT2D eigenvalue weighted by Crippen LogP contribution is 2.55. The molecule has 0 unspecified atom stereocenters.